The van der Waals surface area contributed by atoms with Gasteiger partial charge in [0.25, 0.3) is 0 Å². The normalized spacial score (nSPS) is 19.9. The summed E-state index contributed by atoms with van der Waals surface area (Å²) in [5, 5.41) is 0. The molecule has 3 nitrogen and oxygen atoms in total. The Morgan fingerprint density at radius 2 is 1.79 bits per heavy atom. The molecule has 0 saturated carbocycles. The Morgan fingerprint density at radius 3 is 2.36 bits per heavy atom. The third-order valence-electron chi connectivity index (χ3n) is 2.14. The van der Waals surface area contributed by atoms with E-state index >= 15 is 0 Å². The van der Waals surface area contributed by atoms with Gasteiger partial charge in [-0.1, -0.05) is 0 Å². The van der Waals surface area contributed by atoms with Crippen LogP contribution in [-0.2, 0) is 14.2 Å². The Morgan fingerprint density at radius 1 is 1.14 bits per heavy atom. The second-order valence-corrected chi connectivity index (χ2v) is 4.64. The van der Waals surface area contributed by atoms with E-state index in [-0.39, 0.29) is 5.60 Å². The molecule has 0 amide bonds. The van der Waals surface area contributed by atoms with Crippen LogP contribution in [0, 0.1) is 0 Å². The highest BCUT2D eigenvalue weighted by Crippen LogP contribution is 2.11. The van der Waals surface area contributed by atoms with Crippen LogP contribution < -0.4 is 0 Å². The van der Waals surface area contributed by atoms with E-state index in [1.807, 2.05) is 0 Å². The summed E-state index contributed by atoms with van der Waals surface area (Å²) in [4.78, 5) is 0. The topological polar surface area (TPSA) is 27.7 Å². The molecule has 84 valence electrons. The lowest BCUT2D eigenvalue weighted by Gasteiger charge is -2.24. The Bertz CT molecular complexity index is 145. The predicted octanol–water partition coefficient (Wildman–Crippen LogP) is 2.00. The van der Waals surface area contributed by atoms with E-state index in [2.05, 4.69) is 20.8 Å². The molecule has 1 aliphatic rings. The van der Waals surface area contributed by atoms with E-state index in [4.69, 9.17) is 14.2 Å². The van der Waals surface area contributed by atoms with E-state index in [1.54, 1.807) is 0 Å². The Labute approximate surface area is 86.7 Å². The lowest BCUT2D eigenvalue weighted by Crippen LogP contribution is -2.27. The molecule has 1 rings (SSSR count). The standard InChI is InChI=1S/C11H22O3/c1-11(2,3)14-9-8-13-10-4-6-12-7-5-10/h10H,4-9H2,1-3H3. The number of hydrogen-bond donors (Lipinski definition) is 0. The second kappa shape index (κ2) is 5.69. The van der Waals surface area contributed by atoms with Crippen molar-refractivity contribution in [2.24, 2.45) is 0 Å². The first-order valence-electron chi connectivity index (χ1n) is 5.41. The zero-order valence-electron chi connectivity index (χ0n) is 9.54. The highest BCUT2D eigenvalue weighted by atomic mass is 16.5. The van der Waals surface area contributed by atoms with Gasteiger partial charge in [0.1, 0.15) is 0 Å². The molecule has 1 heterocycles. The fraction of sp³-hybridized carbons (Fsp3) is 1.00. The van der Waals surface area contributed by atoms with Gasteiger partial charge in [-0.2, -0.15) is 0 Å². The van der Waals surface area contributed by atoms with Crippen molar-refractivity contribution >= 4 is 0 Å². The van der Waals surface area contributed by atoms with Crippen molar-refractivity contribution < 1.29 is 14.2 Å². The third-order valence-corrected chi connectivity index (χ3v) is 2.14. The summed E-state index contributed by atoms with van der Waals surface area (Å²) in [6.45, 7) is 9.22. The molecule has 3 heteroatoms. The first kappa shape index (κ1) is 12.0. The summed E-state index contributed by atoms with van der Waals surface area (Å²) in [5.41, 5.74) is -0.0565. The van der Waals surface area contributed by atoms with Crippen LogP contribution in [0.1, 0.15) is 33.6 Å². The first-order chi connectivity index (χ1) is 6.58. The summed E-state index contributed by atoms with van der Waals surface area (Å²) < 4.78 is 16.5. The van der Waals surface area contributed by atoms with Crippen molar-refractivity contribution in [1.29, 1.82) is 0 Å². The van der Waals surface area contributed by atoms with Crippen molar-refractivity contribution in [2.75, 3.05) is 26.4 Å². The van der Waals surface area contributed by atoms with E-state index < -0.39 is 0 Å². The number of ether oxygens (including phenoxy) is 3. The Kier molecular flexibility index (Phi) is 4.85. The van der Waals surface area contributed by atoms with Gasteiger partial charge in [-0.25, -0.2) is 0 Å². The van der Waals surface area contributed by atoms with Gasteiger partial charge in [0.2, 0.25) is 0 Å². The quantitative estimate of drug-likeness (QED) is 0.653. The molecule has 1 fully saturated rings. The van der Waals surface area contributed by atoms with Gasteiger partial charge < -0.3 is 14.2 Å². The van der Waals surface area contributed by atoms with Gasteiger partial charge in [0, 0.05) is 13.2 Å². The molecule has 0 aromatic heterocycles. The molecule has 0 spiro atoms. The van der Waals surface area contributed by atoms with Gasteiger partial charge in [0.05, 0.1) is 24.9 Å². The number of hydrogen-bond acceptors (Lipinski definition) is 3. The van der Waals surface area contributed by atoms with E-state index in [9.17, 15) is 0 Å². The average molecular weight is 202 g/mol. The highest BCUT2D eigenvalue weighted by molar-refractivity contribution is 4.63. The summed E-state index contributed by atoms with van der Waals surface area (Å²) in [6, 6.07) is 0. The zero-order chi connectivity index (χ0) is 10.4. The molecule has 1 saturated heterocycles. The van der Waals surface area contributed by atoms with Crippen LogP contribution in [-0.4, -0.2) is 38.1 Å². The van der Waals surface area contributed by atoms with Gasteiger partial charge in [-0.05, 0) is 33.6 Å². The average Bonchev–Trinajstić information content (AvgIpc) is 2.13. The van der Waals surface area contributed by atoms with Crippen LogP contribution >= 0.6 is 0 Å². The minimum absolute atomic E-state index is 0.0565. The zero-order valence-corrected chi connectivity index (χ0v) is 9.54. The van der Waals surface area contributed by atoms with Crippen LogP contribution in [0.2, 0.25) is 0 Å². The van der Waals surface area contributed by atoms with E-state index in [0.29, 0.717) is 19.3 Å². The maximum atomic E-state index is 5.67. The minimum Gasteiger partial charge on any atom is -0.381 e. The molecule has 0 aliphatic carbocycles. The lowest BCUT2D eigenvalue weighted by molar-refractivity contribution is -0.0751. The van der Waals surface area contributed by atoms with Crippen molar-refractivity contribution in [2.45, 2.75) is 45.3 Å². The molecule has 0 aromatic carbocycles. The fourth-order valence-corrected chi connectivity index (χ4v) is 1.41. The molecular weight excluding hydrogens is 180 g/mol. The predicted molar refractivity (Wildman–Crippen MR) is 55.5 cm³/mol. The summed E-state index contributed by atoms with van der Waals surface area (Å²) >= 11 is 0. The maximum absolute atomic E-state index is 5.67. The Hall–Kier alpha value is -0.120. The summed E-state index contributed by atoms with van der Waals surface area (Å²) in [6.07, 6.45) is 2.43. The van der Waals surface area contributed by atoms with Gasteiger partial charge >= 0.3 is 0 Å². The van der Waals surface area contributed by atoms with Crippen molar-refractivity contribution in [3.05, 3.63) is 0 Å². The SMILES string of the molecule is CC(C)(C)OCCOC1CCOCC1. The van der Waals surface area contributed by atoms with E-state index in [0.717, 1.165) is 26.1 Å². The largest absolute Gasteiger partial charge is 0.381 e. The molecule has 0 bridgehead atoms. The Balaban J connectivity index is 1.97. The summed E-state index contributed by atoms with van der Waals surface area (Å²) in [5.74, 6) is 0. The molecule has 0 aromatic rings. The molecule has 0 radical (unpaired) electrons. The minimum atomic E-state index is -0.0565. The van der Waals surface area contributed by atoms with Crippen molar-refractivity contribution in [3.63, 3.8) is 0 Å². The van der Waals surface area contributed by atoms with Gasteiger partial charge in [-0.15, -0.1) is 0 Å². The van der Waals surface area contributed by atoms with Crippen LogP contribution in [0.3, 0.4) is 0 Å². The van der Waals surface area contributed by atoms with Crippen LogP contribution in [0.5, 0.6) is 0 Å². The molecule has 0 atom stereocenters. The third kappa shape index (κ3) is 5.58. The van der Waals surface area contributed by atoms with Crippen LogP contribution in [0.25, 0.3) is 0 Å². The van der Waals surface area contributed by atoms with Gasteiger partial charge in [-0.3, -0.25) is 0 Å². The fourth-order valence-electron chi connectivity index (χ4n) is 1.41. The molecule has 0 unspecified atom stereocenters. The van der Waals surface area contributed by atoms with Gasteiger partial charge in [0.15, 0.2) is 0 Å². The maximum Gasteiger partial charge on any atom is 0.0707 e. The molecule has 1 aliphatic heterocycles. The highest BCUT2D eigenvalue weighted by Gasteiger charge is 2.14. The smallest absolute Gasteiger partial charge is 0.0707 e. The lowest BCUT2D eigenvalue weighted by atomic mass is 10.1. The van der Waals surface area contributed by atoms with Crippen LogP contribution in [0.15, 0.2) is 0 Å². The molecule has 0 N–H and O–H groups in total. The van der Waals surface area contributed by atoms with Crippen LogP contribution in [0.4, 0.5) is 0 Å². The summed E-state index contributed by atoms with van der Waals surface area (Å²) in [7, 11) is 0. The first-order valence-corrected chi connectivity index (χ1v) is 5.41. The monoisotopic (exact) mass is 202 g/mol. The van der Waals surface area contributed by atoms with Crippen molar-refractivity contribution in [1.82, 2.24) is 0 Å². The second-order valence-electron chi connectivity index (χ2n) is 4.64. The molecule has 14 heavy (non-hydrogen) atoms. The number of rotatable bonds is 4. The van der Waals surface area contributed by atoms with E-state index in [1.165, 1.54) is 0 Å². The molecular formula is C11H22O3. The van der Waals surface area contributed by atoms with Crippen molar-refractivity contribution in [3.8, 4) is 0 Å².